The molecule has 0 aromatic carbocycles. The molecule has 1 rings (SSSR count). The van der Waals surface area contributed by atoms with Crippen molar-refractivity contribution in [2.24, 2.45) is 0 Å². The van der Waals surface area contributed by atoms with Crippen molar-refractivity contribution in [3.63, 3.8) is 0 Å². The van der Waals surface area contributed by atoms with E-state index in [0.717, 1.165) is 6.20 Å². The molecule has 0 spiro atoms. The van der Waals surface area contributed by atoms with Crippen LogP contribution in [0.4, 0.5) is 5.82 Å². The summed E-state index contributed by atoms with van der Waals surface area (Å²) in [4.78, 5) is 25.5. The van der Waals surface area contributed by atoms with Gasteiger partial charge in [-0.15, -0.1) is 0 Å². The van der Waals surface area contributed by atoms with Crippen LogP contribution in [0.15, 0.2) is 12.3 Å². The van der Waals surface area contributed by atoms with Crippen molar-refractivity contribution >= 4 is 17.8 Å². The molecule has 0 saturated carbocycles. The standard InChI is InChI=1S/C11H14N2O6/c1-19-11(18)5-2-6(10(12)13-4-5)9(17)7(14)3-8(15)16/h2,4,7,9,14,17H,3H2,1H3,(H2,12,13)(H,15,16). The van der Waals surface area contributed by atoms with Gasteiger partial charge in [-0.1, -0.05) is 0 Å². The Labute approximate surface area is 108 Å². The van der Waals surface area contributed by atoms with Crippen LogP contribution in [-0.4, -0.2) is 45.5 Å². The summed E-state index contributed by atoms with van der Waals surface area (Å²) in [7, 11) is 1.17. The Bertz CT molecular complexity index is 490. The summed E-state index contributed by atoms with van der Waals surface area (Å²) in [5, 5.41) is 27.9. The van der Waals surface area contributed by atoms with Crippen molar-refractivity contribution in [1.29, 1.82) is 0 Å². The maximum absolute atomic E-state index is 11.3. The Hall–Kier alpha value is -2.19. The molecule has 0 aliphatic heterocycles. The molecule has 0 aliphatic rings. The van der Waals surface area contributed by atoms with E-state index in [1.54, 1.807) is 0 Å². The molecule has 8 nitrogen and oxygen atoms in total. The SMILES string of the molecule is COC(=O)c1cnc(N)c(C(O)C(O)CC(=O)O)c1. The highest BCUT2D eigenvalue weighted by Crippen LogP contribution is 2.24. The van der Waals surface area contributed by atoms with E-state index in [1.807, 2.05) is 0 Å². The Morgan fingerprint density at radius 2 is 2.11 bits per heavy atom. The van der Waals surface area contributed by atoms with Crippen LogP contribution in [-0.2, 0) is 9.53 Å². The van der Waals surface area contributed by atoms with Gasteiger partial charge in [-0.25, -0.2) is 9.78 Å². The number of nitrogens with zero attached hydrogens (tertiary/aromatic N) is 1. The molecule has 2 unspecified atom stereocenters. The molecule has 1 aromatic heterocycles. The smallest absolute Gasteiger partial charge is 0.339 e. The minimum Gasteiger partial charge on any atom is -0.481 e. The van der Waals surface area contributed by atoms with E-state index in [9.17, 15) is 19.8 Å². The van der Waals surface area contributed by atoms with Crippen molar-refractivity contribution in [2.75, 3.05) is 12.8 Å². The molecule has 0 fully saturated rings. The molecule has 0 bridgehead atoms. The van der Waals surface area contributed by atoms with Gasteiger partial charge >= 0.3 is 11.9 Å². The molecule has 0 amide bonds. The van der Waals surface area contributed by atoms with Gasteiger partial charge in [0.2, 0.25) is 0 Å². The quantitative estimate of drug-likeness (QED) is 0.515. The van der Waals surface area contributed by atoms with Gasteiger partial charge in [-0.05, 0) is 6.07 Å². The number of rotatable bonds is 5. The fourth-order valence-electron chi connectivity index (χ4n) is 1.46. The first kappa shape index (κ1) is 14.9. The Kier molecular flexibility index (Phi) is 4.79. The first-order valence-electron chi connectivity index (χ1n) is 5.28. The zero-order valence-corrected chi connectivity index (χ0v) is 10.1. The zero-order chi connectivity index (χ0) is 14.6. The second kappa shape index (κ2) is 6.12. The monoisotopic (exact) mass is 270 g/mol. The number of carboxylic acids is 1. The summed E-state index contributed by atoms with van der Waals surface area (Å²) in [6.45, 7) is 0. The molecular weight excluding hydrogens is 256 g/mol. The lowest BCUT2D eigenvalue weighted by molar-refractivity contribution is -0.141. The summed E-state index contributed by atoms with van der Waals surface area (Å²) >= 11 is 0. The van der Waals surface area contributed by atoms with Crippen LogP contribution in [0.3, 0.4) is 0 Å². The normalized spacial score (nSPS) is 13.6. The lowest BCUT2D eigenvalue weighted by atomic mass is 10.0. The van der Waals surface area contributed by atoms with Gasteiger partial charge in [0.15, 0.2) is 0 Å². The second-order valence-electron chi connectivity index (χ2n) is 3.80. The Balaban J connectivity index is 3.04. The summed E-state index contributed by atoms with van der Waals surface area (Å²) in [6.07, 6.45) is -2.63. The highest BCUT2D eigenvalue weighted by Gasteiger charge is 2.24. The Morgan fingerprint density at radius 1 is 1.47 bits per heavy atom. The third-order valence-corrected chi connectivity index (χ3v) is 2.44. The number of ether oxygens (including phenoxy) is 1. The summed E-state index contributed by atoms with van der Waals surface area (Å²) in [5.74, 6) is -2.07. The van der Waals surface area contributed by atoms with E-state index in [2.05, 4.69) is 9.72 Å². The number of nitrogens with two attached hydrogens (primary N) is 1. The number of anilines is 1. The lowest BCUT2D eigenvalue weighted by Gasteiger charge is -2.18. The molecule has 19 heavy (non-hydrogen) atoms. The fourth-order valence-corrected chi connectivity index (χ4v) is 1.46. The highest BCUT2D eigenvalue weighted by atomic mass is 16.5. The van der Waals surface area contributed by atoms with Gasteiger partial charge in [0.1, 0.15) is 11.9 Å². The molecule has 8 heteroatoms. The van der Waals surface area contributed by atoms with Gasteiger partial charge in [0.25, 0.3) is 0 Å². The number of hydrogen-bond donors (Lipinski definition) is 4. The number of carboxylic acid groups (broad SMARTS) is 1. The van der Waals surface area contributed by atoms with E-state index < -0.39 is 30.6 Å². The van der Waals surface area contributed by atoms with Crippen molar-refractivity contribution in [1.82, 2.24) is 4.98 Å². The number of aliphatic hydroxyl groups excluding tert-OH is 2. The van der Waals surface area contributed by atoms with Crippen LogP contribution >= 0.6 is 0 Å². The van der Waals surface area contributed by atoms with Crippen LogP contribution in [0.25, 0.3) is 0 Å². The average Bonchev–Trinajstić information content (AvgIpc) is 2.36. The first-order chi connectivity index (χ1) is 8.86. The van der Waals surface area contributed by atoms with Crippen molar-refractivity contribution in [2.45, 2.75) is 18.6 Å². The van der Waals surface area contributed by atoms with Crippen molar-refractivity contribution < 1.29 is 29.6 Å². The number of pyridine rings is 1. The van der Waals surface area contributed by atoms with Gasteiger partial charge in [0.05, 0.1) is 25.2 Å². The number of hydrogen-bond acceptors (Lipinski definition) is 7. The van der Waals surface area contributed by atoms with Crippen LogP contribution in [0, 0.1) is 0 Å². The predicted molar refractivity (Wildman–Crippen MR) is 63.2 cm³/mol. The maximum atomic E-state index is 11.3. The number of esters is 1. The van der Waals surface area contributed by atoms with Gasteiger partial charge in [-0.3, -0.25) is 4.79 Å². The number of aromatic nitrogens is 1. The third-order valence-electron chi connectivity index (χ3n) is 2.44. The molecule has 1 heterocycles. The number of aliphatic carboxylic acids is 1. The number of nitrogen functional groups attached to an aromatic ring is 1. The third kappa shape index (κ3) is 3.63. The summed E-state index contributed by atoms with van der Waals surface area (Å²) < 4.78 is 4.48. The second-order valence-corrected chi connectivity index (χ2v) is 3.80. The number of carbonyl (C=O) groups excluding carboxylic acids is 1. The maximum Gasteiger partial charge on any atom is 0.339 e. The molecule has 104 valence electrons. The molecule has 1 aromatic rings. The topological polar surface area (TPSA) is 143 Å². The van der Waals surface area contributed by atoms with Gasteiger partial charge in [0, 0.05) is 11.8 Å². The summed E-state index contributed by atoms with van der Waals surface area (Å²) in [5.41, 5.74) is 5.52. The van der Waals surface area contributed by atoms with Crippen LogP contribution in [0.2, 0.25) is 0 Å². The number of methoxy groups -OCH3 is 1. The van der Waals surface area contributed by atoms with E-state index in [0.29, 0.717) is 0 Å². The van der Waals surface area contributed by atoms with Crippen LogP contribution < -0.4 is 5.73 Å². The largest absolute Gasteiger partial charge is 0.481 e. The first-order valence-corrected chi connectivity index (χ1v) is 5.28. The van der Waals surface area contributed by atoms with Crippen LogP contribution in [0.5, 0.6) is 0 Å². The summed E-state index contributed by atoms with van der Waals surface area (Å²) in [6, 6.07) is 1.20. The number of aliphatic hydroxyl groups is 2. The Morgan fingerprint density at radius 3 is 2.63 bits per heavy atom. The fraction of sp³-hybridized carbons (Fsp3) is 0.364. The van der Waals surface area contributed by atoms with E-state index in [4.69, 9.17) is 10.8 Å². The minimum atomic E-state index is -1.56. The van der Waals surface area contributed by atoms with Gasteiger partial charge in [-0.2, -0.15) is 0 Å². The minimum absolute atomic E-state index is 0.0309. The van der Waals surface area contributed by atoms with E-state index in [-0.39, 0.29) is 16.9 Å². The molecule has 0 saturated heterocycles. The van der Waals surface area contributed by atoms with Crippen molar-refractivity contribution in [3.8, 4) is 0 Å². The van der Waals surface area contributed by atoms with E-state index in [1.165, 1.54) is 13.2 Å². The molecule has 0 aliphatic carbocycles. The highest BCUT2D eigenvalue weighted by molar-refractivity contribution is 5.89. The van der Waals surface area contributed by atoms with Crippen LogP contribution in [0.1, 0.15) is 28.4 Å². The lowest BCUT2D eigenvalue weighted by Crippen LogP contribution is -2.23. The zero-order valence-electron chi connectivity index (χ0n) is 10.1. The predicted octanol–water partition coefficient (Wildman–Crippen LogP) is -0.681. The van der Waals surface area contributed by atoms with Gasteiger partial charge < -0.3 is 25.8 Å². The molecule has 0 radical (unpaired) electrons. The molecule has 5 N–H and O–H groups in total. The van der Waals surface area contributed by atoms with Crippen molar-refractivity contribution in [3.05, 3.63) is 23.4 Å². The van der Waals surface area contributed by atoms with E-state index >= 15 is 0 Å². The number of carbonyl (C=O) groups is 2. The molecular formula is C11H14N2O6. The molecule has 2 atom stereocenters. The average molecular weight is 270 g/mol.